The van der Waals surface area contributed by atoms with Gasteiger partial charge in [-0.3, -0.25) is 4.72 Å². The molecule has 0 aromatic heterocycles. The van der Waals surface area contributed by atoms with Gasteiger partial charge in [-0.15, -0.1) is 11.8 Å². The summed E-state index contributed by atoms with van der Waals surface area (Å²) in [5.41, 5.74) is 6.92. The van der Waals surface area contributed by atoms with Crippen molar-refractivity contribution in [2.24, 2.45) is 0 Å². The molecule has 0 aliphatic rings. The van der Waals surface area contributed by atoms with E-state index in [-0.39, 0.29) is 5.75 Å². The van der Waals surface area contributed by atoms with Crippen molar-refractivity contribution in [2.45, 2.75) is 4.90 Å². The molecule has 0 fully saturated rings. The predicted octanol–water partition coefficient (Wildman–Crippen LogP) is 3.57. The summed E-state index contributed by atoms with van der Waals surface area (Å²) < 4.78 is 27.4. The maximum absolute atomic E-state index is 12.0. The molecule has 7 heteroatoms. The number of hydrogen-bond donors (Lipinski definition) is 2. The maximum Gasteiger partial charge on any atom is 0.233 e. The third-order valence-electron chi connectivity index (χ3n) is 2.60. The summed E-state index contributed by atoms with van der Waals surface area (Å²) in [6.07, 6.45) is 0. The van der Waals surface area contributed by atoms with Gasteiger partial charge in [0.25, 0.3) is 0 Å². The summed E-state index contributed by atoms with van der Waals surface area (Å²) in [5.74, 6) is 0.512. The van der Waals surface area contributed by atoms with E-state index in [4.69, 9.17) is 5.73 Å². The summed E-state index contributed by atoms with van der Waals surface area (Å²) in [7, 11) is -3.35. The Morgan fingerprint density at radius 3 is 2.52 bits per heavy atom. The van der Waals surface area contributed by atoms with Crippen molar-refractivity contribution >= 4 is 49.1 Å². The van der Waals surface area contributed by atoms with Crippen molar-refractivity contribution < 1.29 is 8.42 Å². The van der Waals surface area contributed by atoms with E-state index in [9.17, 15) is 8.42 Å². The van der Waals surface area contributed by atoms with Gasteiger partial charge in [0, 0.05) is 26.5 Å². The van der Waals surface area contributed by atoms with Crippen molar-refractivity contribution in [3.05, 3.63) is 53.0 Å². The predicted molar refractivity (Wildman–Crippen MR) is 93.1 cm³/mol. The fourth-order valence-electron chi connectivity index (χ4n) is 1.62. The number of nitrogens with two attached hydrogens (primary N) is 1. The van der Waals surface area contributed by atoms with Gasteiger partial charge < -0.3 is 5.73 Å². The lowest BCUT2D eigenvalue weighted by atomic mass is 10.3. The van der Waals surface area contributed by atoms with Gasteiger partial charge in [0.2, 0.25) is 10.0 Å². The number of hydrogen-bond acceptors (Lipinski definition) is 4. The zero-order valence-electron chi connectivity index (χ0n) is 11.1. The Balaban J connectivity index is 1.88. The molecule has 3 N–H and O–H groups in total. The van der Waals surface area contributed by atoms with E-state index in [1.807, 2.05) is 18.2 Å². The first-order valence-corrected chi connectivity index (χ1v) is 9.62. The lowest BCUT2D eigenvalue weighted by Crippen LogP contribution is -2.18. The first-order chi connectivity index (χ1) is 9.94. The SMILES string of the molecule is Nc1cccc(SCCS(=O)(=O)Nc2ccc(Br)cc2)c1. The maximum atomic E-state index is 12.0. The lowest BCUT2D eigenvalue weighted by molar-refractivity contribution is 0.602. The minimum absolute atomic E-state index is 0.0442. The zero-order chi connectivity index (χ0) is 15.3. The number of thioether (sulfide) groups is 1. The Bertz CT molecular complexity index is 703. The van der Waals surface area contributed by atoms with E-state index < -0.39 is 10.0 Å². The van der Waals surface area contributed by atoms with Gasteiger partial charge >= 0.3 is 0 Å². The highest BCUT2D eigenvalue weighted by Crippen LogP contribution is 2.21. The van der Waals surface area contributed by atoms with Crippen LogP contribution in [0, 0.1) is 0 Å². The van der Waals surface area contributed by atoms with Crippen LogP contribution in [0.15, 0.2) is 57.9 Å². The van der Waals surface area contributed by atoms with Gasteiger partial charge in [-0.05, 0) is 42.5 Å². The van der Waals surface area contributed by atoms with Crippen LogP contribution >= 0.6 is 27.7 Å². The molecule has 0 bridgehead atoms. The average Bonchev–Trinajstić information content (AvgIpc) is 2.41. The second-order valence-electron chi connectivity index (χ2n) is 4.35. The van der Waals surface area contributed by atoms with Crippen molar-refractivity contribution in [1.82, 2.24) is 0 Å². The Morgan fingerprint density at radius 1 is 1.14 bits per heavy atom. The number of nitrogen functional groups attached to an aromatic ring is 1. The molecular weight excluding hydrogens is 372 g/mol. The fraction of sp³-hybridized carbons (Fsp3) is 0.143. The van der Waals surface area contributed by atoms with Crippen molar-refractivity contribution in [2.75, 3.05) is 22.0 Å². The molecule has 2 aromatic carbocycles. The van der Waals surface area contributed by atoms with Gasteiger partial charge in [0.1, 0.15) is 0 Å². The van der Waals surface area contributed by atoms with Crippen LogP contribution in [-0.2, 0) is 10.0 Å². The van der Waals surface area contributed by atoms with Crippen LogP contribution in [0.1, 0.15) is 0 Å². The highest BCUT2D eigenvalue weighted by Gasteiger charge is 2.10. The van der Waals surface area contributed by atoms with Gasteiger partial charge in [-0.25, -0.2) is 8.42 Å². The van der Waals surface area contributed by atoms with E-state index in [1.54, 1.807) is 30.3 Å². The smallest absolute Gasteiger partial charge is 0.233 e. The summed E-state index contributed by atoms with van der Waals surface area (Å²) >= 11 is 4.78. The number of anilines is 2. The minimum atomic E-state index is -3.35. The Morgan fingerprint density at radius 2 is 1.86 bits per heavy atom. The van der Waals surface area contributed by atoms with Gasteiger partial charge in [-0.2, -0.15) is 0 Å². The van der Waals surface area contributed by atoms with Crippen LogP contribution in [0.5, 0.6) is 0 Å². The molecule has 4 nitrogen and oxygen atoms in total. The minimum Gasteiger partial charge on any atom is -0.399 e. The third kappa shape index (κ3) is 5.61. The zero-order valence-corrected chi connectivity index (χ0v) is 14.3. The molecule has 2 rings (SSSR count). The largest absolute Gasteiger partial charge is 0.399 e. The number of benzene rings is 2. The molecule has 0 atom stereocenters. The highest BCUT2D eigenvalue weighted by molar-refractivity contribution is 9.10. The quantitative estimate of drug-likeness (QED) is 0.587. The third-order valence-corrected chi connectivity index (χ3v) is 5.67. The van der Waals surface area contributed by atoms with E-state index in [0.717, 1.165) is 9.37 Å². The summed E-state index contributed by atoms with van der Waals surface area (Å²) in [6.45, 7) is 0. The Hall–Kier alpha value is -1.18. The molecule has 112 valence electrons. The first kappa shape index (κ1) is 16.2. The number of nitrogens with one attached hydrogen (secondary N) is 1. The normalized spacial score (nSPS) is 11.3. The second kappa shape index (κ2) is 7.20. The molecule has 0 spiro atoms. The van der Waals surface area contributed by atoms with Crippen molar-refractivity contribution in [3.63, 3.8) is 0 Å². The number of halogens is 1. The van der Waals surface area contributed by atoms with Crippen LogP contribution in [-0.4, -0.2) is 19.9 Å². The number of rotatable bonds is 6. The topological polar surface area (TPSA) is 72.2 Å². The molecule has 0 saturated heterocycles. The van der Waals surface area contributed by atoms with E-state index in [1.165, 1.54) is 11.8 Å². The standard InChI is InChI=1S/C14H15BrN2O2S2/c15-11-4-6-13(7-5-11)17-21(18,19)9-8-20-14-3-1-2-12(16)10-14/h1-7,10,17H,8-9,16H2. The van der Waals surface area contributed by atoms with E-state index in [2.05, 4.69) is 20.7 Å². The summed E-state index contributed by atoms with van der Waals surface area (Å²) in [6, 6.07) is 14.4. The molecule has 0 unspecified atom stereocenters. The monoisotopic (exact) mass is 386 g/mol. The van der Waals surface area contributed by atoms with Crippen LogP contribution < -0.4 is 10.5 Å². The Kier molecular flexibility index (Phi) is 5.55. The molecule has 0 amide bonds. The van der Waals surface area contributed by atoms with E-state index in [0.29, 0.717) is 17.1 Å². The van der Waals surface area contributed by atoms with Crippen molar-refractivity contribution in [1.29, 1.82) is 0 Å². The molecular formula is C14H15BrN2O2S2. The first-order valence-electron chi connectivity index (χ1n) is 6.19. The van der Waals surface area contributed by atoms with Crippen LogP contribution in [0.25, 0.3) is 0 Å². The van der Waals surface area contributed by atoms with Crippen LogP contribution in [0.4, 0.5) is 11.4 Å². The molecule has 21 heavy (non-hydrogen) atoms. The highest BCUT2D eigenvalue weighted by atomic mass is 79.9. The average molecular weight is 387 g/mol. The van der Waals surface area contributed by atoms with E-state index >= 15 is 0 Å². The van der Waals surface area contributed by atoms with Crippen LogP contribution in [0.2, 0.25) is 0 Å². The molecule has 0 radical (unpaired) electrons. The van der Waals surface area contributed by atoms with Gasteiger partial charge in [0.15, 0.2) is 0 Å². The van der Waals surface area contributed by atoms with Crippen molar-refractivity contribution in [3.8, 4) is 0 Å². The summed E-state index contributed by atoms with van der Waals surface area (Å²) in [5, 5.41) is 0. The lowest BCUT2D eigenvalue weighted by Gasteiger charge is -2.08. The second-order valence-corrected chi connectivity index (χ2v) is 8.27. The molecule has 0 saturated carbocycles. The van der Waals surface area contributed by atoms with Gasteiger partial charge in [-0.1, -0.05) is 22.0 Å². The molecule has 2 aromatic rings. The summed E-state index contributed by atoms with van der Waals surface area (Å²) in [4.78, 5) is 0.967. The molecule has 0 aliphatic heterocycles. The molecule has 0 heterocycles. The fourth-order valence-corrected chi connectivity index (χ4v) is 4.32. The molecule has 0 aliphatic carbocycles. The number of sulfonamides is 1. The van der Waals surface area contributed by atoms with Gasteiger partial charge in [0.05, 0.1) is 5.75 Å². The Labute approximate surface area is 137 Å². The van der Waals surface area contributed by atoms with Crippen LogP contribution in [0.3, 0.4) is 0 Å².